The van der Waals surface area contributed by atoms with Crippen LogP contribution in [0.4, 0.5) is 0 Å². The number of hydrogen-bond donors (Lipinski definition) is 0. The van der Waals surface area contributed by atoms with Gasteiger partial charge in [0.25, 0.3) is 0 Å². The van der Waals surface area contributed by atoms with Crippen LogP contribution in [0.15, 0.2) is 24.5 Å². The highest BCUT2D eigenvalue weighted by atomic mass is 15.3. The van der Waals surface area contributed by atoms with Crippen LogP contribution in [-0.4, -0.2) is 50.2 Å². The zero-order valence-electron chi connectivity index (χ0n) is 16.4. The molecule has 2 aromatic heterocycles. The smallest absolute Gasteiger partial charge is 0.0641 e. The van der Waals surface area contributed by atoms with Crippen molar-refractivity contribution in [3.05, 3.63) is 47.0 Å². The molecule has 0 radical (unpaired) electrons. The summed E-state index contributed by atoms with van der Waals surface area (Å²) in [6.07, 6.45) is 6.57. The summed E-state index contributed by atoms with van der Waals surface area (Å²) in [7, 11) is 0. The second kappa shape index (κ2) is 7.49. The molecule has 3 aliphatic rings. The Kier molecular flexibility index (Phi) is 5.09. The highest BCUT2D eigenvalue weighted by molar-refractivity contribution is 5.24. The standard InChI is InChI=1S/C21H31N5/c1-4-26-17(3)21(16(2)23-26)15-25-13-19-7-8-20(25)14-24(12-19)11-18-6-5-9-22-10-18/h5-6,9-10,19-20H,4,7-8,11-15H2,1-3H3. The van der Waals surface area contributed by atoms with Gasteiger partial charge in [0.05, 0.1) is 5.69 Å². The Balaban J connectivity index is 1.48. The van der Waals surface area contributed by atoms with Crippen molar-refractivity contribution in [2.24, 2.45) is 5.92 Å². The number of aromatic nitrogens is 3. The monoisotopic (exact) mass is 353 g/mol. The molecule has 0 aromatic carbocycles. The first-order valence-corrected chi connectivity index (χ1v) is 10.0. The van der Waals surface area contributed by atoms with E-state index < -0.39 is 0 Å². The van der Waals surface area contributed by atoms with Crippen LogP contribution in [-0.2, 0) is 19.6 Å². The van der Waals surface area contributed by atoms with E-state index in [0.717, 1.165) is 25.6 Å². The summed E-state index contributed by atoms with van der Waals surface area (Å²) in [6, 6.07) is 4.91. The summed E-state index contributed by atoms with van der Waals surface area (Å²) >= 11 is 0. The lowest BCUT2D eigenvalue weighted by molar-refractivity contribution is 0.122. The van der Waals surface area contributed by atoms with Crippen molar-refractivity contribution in [3.8, 4) is 0 Å². The fourth-order valence-electron chi connectivity index (χ4n) is 4.82. The number of fused-ring (bicyclic) bond motifs is 4. The van der Waals surface area contributed by atoms with E-state index in [1.54, 1.807) is 0 Å². The largest absolute Gasteiger partial charge is 0.297 e. The number of piperidine rings is 1. The predicted molar refractivity (Wildman–Crippen MR) is 104 cm³/mol. The summed E-state index contributed by atoms with van der Waals surface area (Å²) in [5.41, 5.74) is 5.32. The SMILES string of the molecule is CCn1nc(C)c(CN2CC3CCC2CN(Cc2cccnc2)C3)c1C. The van der Waals surface area contributed by atoms with Gasteiger partial charge in [0.15, 0.2) is 0 Å². The van der Waals surface area contributed by atoms with Crippen molar-refractivity contribution in [2.75, 3.05) is 19.6 Å². The summed E-state index contributed by atoms with van der Waals surface area (Å²) < 4.78 is 2.15. The molecule has 0 N–H and O–H groups in total. The molecule has 5 nitrogen and oxygen atoms in total. The van der Waals surface area contributed by atoms with Crippen molar-refractivity contribution >= 4 is 0 Å². The third kappa shape index (κ3) is 3.55. The quantitative estimate of drug-likeness (QED) is 0.828. The Bertz CT molecular complexity index is 738. The van der Waals surface area contributed by atoms with Crippen LogP contribution in [0.1, 0.15) is 42.3 Å². The average Bonchev–Trinajstić information content (AvgIpc) is 2.81. The topological polar surface area (TPSA) is 37.2 Å². The van der Waals surface area contributed by atoms with E-state index in [2.05, 4.69) is 46.3 Å². The summed E-state index contributed by atoms with van der Waals surface area (Å²) in [4.78, 5) is 9.66. The van der Waals surface area contributed by atoms with E-state index in [4.69, 9.17) is 5.10 Å². The Labute approximate surface area is 157 Å². The maximum Gasteiger partial charge on any atom is 0.0641 e. The van der Waals surface area contributed by atoms with E-state index in [-0.39, 0.29) is 0 Å². The highest BCUT2D eigenvalue weighted by Gasteiger charge is 2.35. The lowest BCUT2D eigenvalue weighted by Crippen LogP contribution is -2.43. The molecule has 2 bridgehead atoms. The van der Waals surface area contributed by atoms with Gasteiger partial charge in [-0.25, -0.2) is 0 Å². The molecule has 0 amide bonds. The van der Waals surface area contributed by atoms with Gasteiger partial charge in [0.2, 0.25) is 0 Å². The van der Waals surface area contributed by atoms with Crippen molar-refractivity contribution in [1.82, 2.24) is 24.6 Å². The van der Waals surface area contributed by atoms with Crippen molar-refractivity contribution in [3.63, 3.8) is 0 Å². The molecule has 5 rings (SSSR count). The van der Waals surface area contributed by atoms with Gasteiger partial charge in [-0.05, 0) is 51.2 Å². The third-order valence-electron chi connectivity index (χ3n) is 6.22. The third-order valence-corrected chi connectivity index (χ3v) is 6.22. The van der Waals surface area contributed by atoms with Crippen LogP contribution in [0, 0.1) is 19.8 Å². The fourth-order valence-corrected chi connectivity index (χ4v) is 4.82. The number of aryl methyl sites for hydroxylation is 2. The summed E-state index contributed by atoms with van der Waals surface area (Å²) in [6.45, 7) is 13.2. The van der Waals surface area contributed by atoms with Crippen molar-refractivity contribution < 1.29 is 0 Å². The first-order valence-electron chi connectivity index (χ1n) is 10.0. The van der Waals surface area contributed by atoms with Gasteiger partial charge in [-0.15, -0.1) is 0 Å². The number of rotatable bonds is 5. The minimum absolute atomic E-state index is 0.661. The van der Waals surface area contributed by atoms with Crippen LogP contribution in [0.5, 0.6) is 0 Å². The maximum atomic E-state index is 4.72. The second-order valence-corrected chi connectivity index (χ2v) is 8.05. The molecule has 5 heterocycles. The van der Waals surface area contributed by atoms with E-state index >= 15 is 0 Å². The average molecular weight is 354 g/mol. The van der Waals surface area contributed by atoms with Crippen LogP contribution >= 0.6 is 0 Å². The van der Waals surface area contributed by atoms with Crippen molar-refractivity contribution in [1.29, 1.82) is 0 Å². The summed E-state index contributed by atoms with van der Waals surface area (Å²) in [5, 5.41) is 4.72. The zero-order valence-corrected chi connectivity index (χ0v) is 16.4. The molecular weight excluding hydrogens is 322 g/mol. The van der Waals surface area contributed by atoms with E-state index in [1.165, 1.54) is 55.0 Å². The molecule has 0 aliphatic carbocycles. The fraction of sp³-hybridized carbons (Fsp3) is 0.619. The van der Waals surface area contributed by atoms with Crippen LogP contribution in [0.25, 0.3) is 0 Å². The predicted octanol–water partition coefficient (Wildman–Crippen LogP) is 3.01. The molecule has 0 spiro atoms. The van der Waals surface area contributed by atoms with Gasteiger partial charge in [0.1, 0.15) is 0 Å². The normalized spacial score (nSPS) is 24.1. The number of pyridine rings is 1. The molecule has 5 heteroatoms. The molecule has 2 atom stereocenters. The van der Waals surface area contributed by atoms with Gasteiger partial charge >= 0.3 is 0 Å². The highest BCUT2D eigenvalue weighted by Crippen LogP contribution is 2.30. The molecule has 140 valence electrons. The zero-order chi connectivity index (χ0) is 18.1. The summed E-state index contributed by atoms with van der Waals surface area (Å²) in [5.74, 6) is 0.784. The lowest BCUT2D eigenvalue weighted by atomic mass is 9.94. The second-order valence-electron chi connectivity index (χ2n) is 8.05. The van der Waals surface area contributed by atoms with Crippen LogP contribution in [0.3, 0.4) is 0 Å². The number of nitrogens with zero attached hydrogens (tertiary/aromatic N) is 5. The molecular formula is C21H31N5. The van der Waals surface area contributed by atoms with Crippen LogP contribution in [0.2, 0.25) is 0 Å². The molecule has 3 saturated heterocycles. The minimum atomic E-state index is 0.661. The Morgan fingerprint density at radius 3 is 2.73 bits per heavy atom. The molecule has 3 aliphatic heterocycles. The van der Waals surface area contributed by atoms with Gasteiger partial charge in [-0.2, -0.15) is 5.10 Å². The first kappa shape index (κ1) is 17.7. The van der Waals surface area contributed by atoms with Gasteiger partial charge in [-0.1, -0.05) is 6.07 Å². The van der Waals surface area contributed by atoms with Gasteiger partial charge in [0, 0.05) is 69.0 Å². The van der Waals surface area contributed by atoms with E-state index in [9.17, 15) is 0 Å². The molecule has 26 heavy (non-hydrogen) atoms. The van der Waals surface area contributed by atoms with E-state index in [0.29, 0.717) is 6.04 Å². The van der Waals surface area contributed by atoms with Gasteiger partial charge < -0.3 is 0 Å². The Morgan fingerprint density at radius 1 is 1.12 bits per heavy atom. The minimum Gasteiger partial charge on any atom is -0.297 e. The number of hydrogen-bond acceptors (Lipinski definition) is 4. The first-order chi connectivity index (χ1) is 12.6. The van der Waals surface area contributed by atoms with Crippen LogP contribution < -0.4 is 0 Å². The van der Waals surface area contributed by atoms with Crippen molar-refractivity contribution in [2.45, 2.75) is 59.3 Å². The molecule has 0 saturated carbocycles. The molecule has 3 fully saturated rings. The lowest BCUT2D eigenvalue weighted by Gasteiger charge is -2.36. The van der Waals surface area contributed by atoms with Gasteiger partial charge in [-0.3, -0.25) is 19.5 Å². The Morgan fingerprint density at radius 2 is 2.00 bits per heavy atom. The molecule has 2 aromatic rings. The molecule has 2 unspecified atom stereocenters. The maximum absolute atomic E-state index is 4.72. The Hall–Kier alpha value is -1.72. The van der Waals surface area contributed by atoms with E-state index in [1.807, 2.05) is 18.5 Å².